The van der Waals surface area contributed by atoms with Gasteiger partial charge in [0.2, 0.25) is 23.6 Å². The Labute approximate surface area is 260 Å². The van der Waals surface area contributed by atoms with Gasteiger partial charge in [-0.05, 0) is 38.5 Å². The molecule has 0 unspecified atom stereocenters. The standard InChI is InChI=1S/C23H46N14O6S/c24-12(4-1-7-31-21(25)26)17(39)36-13(5-2-8-32-22(27)28)18(40)34-10-16(38)35-15(11-44)19(41)37-14(20(42)43)6-3-9-33-23(29)30/h12-15,44H,1-11,24H2,(H,34,40)(H,35,38)(H,36,39)(H,37,41)(H,42,43)(H4,25,26,31)(H4,27,28,32)(H4,29,30,33)/t12-,13+,14-,15+/m0/s1. The number of rotatable bonds is 22. The molecule has 0 aromatic carbocycles. The number of carbonyl (C=O) groups excluding carboxylic acids is 4. The summed E-state index contributed by atoms with van der Waals surface area (Å²) in [4.78, 5) is 73.6. The normalized spacial score (nSPS) is 13.1. The quantitative estimate of drug-likeness (QED) is 0.0226. The van der Waals surface area contributed by atoms with Crippen molar-refractivity contribution in [2.45, 2.75) is 62.7 Å². The van der Waals surface area contributed by atoms with E-state index in [-0.39, 0.29) is 68.9 Å². The molecule has 21 heteroatoms. The molecule has 4 amide bonds. The van der Waals surface area contributed by atoms with Crippen molar-refractivity contribution in [3.05, 3.63) is 0 Å². The lowest BCUT2D eigenvalue weighted by molar-refractivity contribution is -0.142. The molecule has 0 radical (unpaired) electrons. The Bertz CT molecular complexity index is 1040. The SMILES string of the molecule is NC(N)=NCCC[C@H](NC(=O)[C@@H](CS)NC(=O)CNC(=O)[C@@H](CCCN=C(N)N)NC(=O)[C@@H](N)CCCN=C(N)N)C(=O)O. The van der Waals surface area contributed by atoms with Crippen LogP contribution in [-0.4, -0.2) is 109 Å². The Morgan fingerprint density at radius 1 is 0.636 bits per heavy atom. The van der Waals surface area contributed by atoms with Crippen LogP contribution in [0.15, 0.2) is 15.0 Å². The van der Waals surface area contributed by atoms with Gasteiger partial charge in [-0.2, -0.15) is 12.6 Å². The third kappa shape index (κ3) is 18.8. The van der Waals surface area contributed by atoms with Gasteiger partial charge in [-0.15, -0.1) is 0 Å². The van der Waals surface area contributed by atoms with Crippen molar-refractivity contribution >= 4 is 60.1 Å². The average Bonchev–Trinajstić information content (AvgIpc) is 2.94. The number of carboxylic acids is 1. The summed E-state index contributed by atoms with van der Waals surface area (Å²) in [5.41, 5.74) is 37.6. The molecule has 250 valence electrons. The number of amides is 4. The number of carboxylic acid groups (broad SMARTS) is 1. The van der Waals surface area contributed by atoms with E-state index in [1.807, 2.05) is 0 Å². The average molecular weight is 647 g/mol. The molecule has 0 heterocycles. The number of hydrogen-bond acceptors (Lipinski definition) is 10. The maximum atomic E-state index is 12.9. The summed E-state index contributed by atoms with van der Waals surface area (Å²) in [7, 11) is 0. The van der Waals surface area contributed by atoms with Crippen molar-refractivity contribution in [2.24, 2.45) is 55.1 Å². The van der Waals surface area contributed by atoms with Crippen molar-refractivity contribution in [1.82, 2.24) is 21.3 Å². The number of nitrogens with one attached hydrogen (secondary N) is 4. The van der Waals surface area contributed by atoms with Crippen molar-refractivity contribution in [3.8, 4) is 0 Å². The Hall–Kier alpha value is -4.53. The third-order valence-electron chi connectivity index (χ3n) is 5.70. The molecule has 0 aromatic heterocycles. The van der Waals surface area contributed by atoms with E-state index in [2.05, 4.69) is 48.9 Å². The molecule has 0 rings (SSSR count). The van der Waals surface area contributed by atoms with E-state index >= 15 is 0 Å². The van der Waals surface area contributed by atoms with Crippen LogP contribution in [0.1, 0.15) is 38.5 Å². The molecule has 0 saturated carbocycles. The van der Waals surface area contributed by atoms with Crippen molar-refractivity contribution < 1.29 is 29.1 Å². The molecular weight excluding hydrogens is 600 g/mol. The zero-order valence-electron chi connectivity index (χ0n) is 24.4. The van der Waals surface area contributed by atoms with Gasteiger partial charge in [0.05, 0.1) is 12.6 Å². The van der Waals surface area contributed by atoms with Crippen molar-refractivity contribution in [2.75, 3.05) is 31.9 Å². The lowest BCUT2D eigenvalue weighted by atomic mass is 10.1. The number of hydrogen-bond donors (Lipinski definition) is 13. The number of nitrogens with two attached hydrogens (primary N) is 7. The highest BCUT2D eigenvalue weighted by molar-refractivity contribution is 7.80. The van der Waals surface area contributed by atoms with Crippen molar-refractivity contribution in [1.29, 1.82) is 0 Å². The van der Waals surface area contributed by atoms with Gasteiger partial charge in [-0.25, -0.2) is 4.79 Å². The fourth-order valence-electron chi connectivity index (χ4n) is 3.46. The smallest absolute Gasteiger partial charge is 0.326 e. The fraction of sp³-hybridized carbons (Fsp3) is 0.652. The molecule has 0 aliphatic heterocycles. The highest BCUT2D eigenvalue weighted by Crippen LogP contribution is 2.03. The summed E-state index contributed by atoms with van der Waals surface area (Å²) in [5.74, 6) is -4.73. The predicted molar refractivity (Wildman–Crippen MR) is 168 cm³/mol. The molecule has 0 fully saturated rings. The van der Waals surface area contributed by atoms with Crippen LogP contribution in [0.25, 0.3) is 0 Å². The van der Waals surface area contributed by atoms with Crippen LogP contribution in [0.2, 0.25) is 0 Å². The van der Waals surface area contributed by atoms with Gasteiger partial charge in [0, 0.05) is 25.4 Å². The summed E-state index contributed by atoms with van der Waals surface area (Å²) in [6, 6.07) is -4.53. The largest absolute Gasteiger partial charge is 0.480 e. The Morgan fingerprint density at radius 2 is 1.09 bits per heavy atom. The van der Waals surface area contributed by atoms with Crippen LogP contribution in [0.4, 0.5) is 0 Å². The molecule has 4 atom stereocenters. The van der Waals surface area contributed by atoms with E-state index in [0.29, 0.717) is 12.8 Å². The zero-order valence-corrected chi connectivity index (χ0v) is 25.3. The second-order valence-electron chi connectivity index (χ2n) is 9.43. The summed E-state index contributed by atoms with van der Waals surface area (Å²) >= 11 is 4.05. The van der Waals surface area contributed by atoms with Gasteiger partial charge in [0.25, 0.3) is 0 Å². The van der Waals surface area contributed by atoms with Crippen LogP contribution in [-0.2, 0) is 24.0 Å². The number of carbonyl (C=O) groups is 5. The Kier molecular flexibility index (Phi) is 19.8. The first-order valence-corrected chi connectivity index (χ1v) is 14.2. The van der Waals surface area contributed by atoms with Crippen LogP contribution in [0.3, 0.4) is 0 Å². The number of guanidine groups is 3. The first kappa shape index (κ1) is 39.5. The van der Waals surface area contributed by atoms with Crippen molar-refractivity contribution in [3.63, 3.8) is 0 Å². The van der Waals surface area contributed by atoms with Gasteiger partial charge < -0.3 is 66.5 Å². The molecule has 44 heavy (non-hydrogen) atoms. The maximum absolute atomic E-state index is 12.9. The number of nitrogens with zero attached hydrogens (tertiary/aromatic N) is 3. The molecule has 0 aliphatic carbocycles. The lowest BCUT2D eigenvalue weighted by Gasteiger charge is -2.22. The van der Waals surface area contributed by atoms with Gasteiger partial charge >= 0.3 is 5.97 Å². The van der Waals surface area contributed by atoms with Gasteiger partial charge in [0.15, 0.2) is 17.9 Å². The summed E-state index contributed by atoms with van der Waals surface area (Å²) < 4.78 is 0. The minimum atomic E-state index is -1.29. The topological polar surface area (TPSA) is 373 Å². The van der Waals surface area contributed by atoms with E-state index in [0.717, 1.165) is 0 Å². The zero-order chi connectivity index (χ0) is 33.7. The number of aliphatic carboxylic acids is 1. The molecule has 0 spiro atoms. The van der Waals surface area contributed by atoms with Gasteiger partial charge in [-0.1, -0.05) is 0 Å². The second-order valence-corrected chi connectivity index (χ2v) is 9.80. The molecule has 0 aromatic rings. The predicted octanol–water partition coefficient (Wildman–Crippen LogP) is -5.94. The monoisotopic (exact) mass is 646 g/mol. The third-order valence-corrected chi connectivity index (χ3v) is 6.07. The molecule has 0 bridgehead atoms. The highest BCUT2D eigenvalue weighted by atomic mass is 32.1. The second kappa shape index (κ2) is 22.1. The summed E-state index contributed by atoms with van der Waals surface area (Å²) in [6.07, 6.45) is 1.36. The Balaban J connectivity index is 5.14. The van der Waals surface area contributed by atoms with E-state index in [4.69, 9.17) is 40.1 Å². The highest BCUT2D eigenvalue weighted by Gasteiger charge is 2.27. The van der Waals surface area contributed by atoms with Crippen LogP contribution >= 0.6 is 12.6 Å². The van der Waals surface area contributed by atoms with E-state index in [1.54, 1.807) is 0 Å². The minimum absolute atomic E-state index is 0.0252. The molecule has 19 N–H and O–H groups in total. The number of aliphatic imine (C=N–C) groups is 3. The number of thiol groups is 1. The van der Waals surface area contributed by atoms with E-state index in [1.165, 1.54) is 0 Å². The van der Waals surface area contributed by atoms with Crippen LogP contribution < -0.4 is 61.4 Å². The summed E-state index contributed by atoms with van der Waals surface area (Å²) in [5, 5.41) is 19.1. The van der Waals surface area contributed by atoms with Gasteiger partial charge in [-0.3, -0.25) is 34.2 Å². The fourth-order valence-corrected chi connectivity index (χ4v) is 3.72. The minimum Gasteiger partial charge on any atom is -0.480 e. The van der Waals surface area contributed by atoms with Gasteiger partial charge in [0.1, 0.15) is 18.1 Å². The van der Waals surface area contributed by atoms with Crippen LogP contribution in [0.5, 0.6) is 0 Å². The first-order chi connectivity index (χ1) is 20.7. The molecular formula is C23H46N14O6S. The molecule has 20 nitrogen and oxygen atoms in total. The van der Waals surface area contributed by atoms with E-state index < -0.39 is 60.3 Å². The Morgan fingerprint density at radius 3 is 1.55 bits per heavy atom. The summed E-state index contributed by atoms with van der Waals surface area (Å²) in [6.45, 7) is 0.0392. The first-order valence-electron chi connectivity index (χ1n) is 13.6. The molecule has 0 aliphatic rings. The van der Waals surface area contributed by atoms with Crippen LogP contribution in [0, 0.1) is 0 Å². The van der Waals surface area contributed by atoms with E-state index in [9.17, 15) is 29.1 Å². The lowest BCUT2D eigenvalue weighted by Crippen LogP contribution is -2.55. The maximum Gasteiger partial charge on any atom is 0.326 e. The molecule has 0 saturated heterocycles.